The lowest BCUT2D eigenvalue weighted by atomic mass is 10.2. The Morgan fingerprint density at radius 3 is 2.63 bits per heavy atom. The van der Waals surface area contributed by atoms with Crippen molar-refractivity contribution in [1.29, 1.82) is 0 Å². The molecule has 0 saturated carbocycles. The number of hydrogen-bond acceptors (Lipinski definition) is 2. The van der Waals surface area contributed by atoms with Gasteiger partial charge in [-0.05, 0) is 49.6 Å². The molecule has 1 N–H and O–H groups in total. The minimum atomic E-state index is -0.405. The number of carbonyl (C=O) groups excluding carboxylic acids is 1. The van der Waals surface area contributed by atoms with Crippen LogP contribution >= 0.6 is 11.3 Å². The van der Waals surface area contributed by atoms with E-state index in [-0.39, 0.29) is 11.6 Å². The highest BCUT2D eigenvalue weighted by molar-refractivity contribution is 7.14. The third-order valence-corrected chi connectivity index (χ3v) is 4.32. The van der Waals surface area contributed by atoms with Crippen molar-refractivity contribution < 1.29 is 9.18 Å². The van der Waals surface area contributed by atoms with Gasteiger partial charge in [0.2, 0.25) is 0 Å². The Labute approximate surface area is 116 Å². The van der Waals surface area contributed by atoms with Gasteiger partial charge in [0.05, 0.1) is 10.6 Å². The molecule has 0 aliphatic carbocycles. The molecule has 1 aromatic carbocycles. The summed E-state index contributed by atoms with van der Waals surface area (Å²) >= 11 is 1.46. The molecule has 0 aliphatic heterocycles. The van der Waals surface area contributed by atoms with Gasteiger partial charge in [-0.2, -0.15) is 0 Å². The van der Waals surface area contributed by atoms with Crippen molar-refractivity contribution >= 4 is 22.9 Å². The van der Waals surface area contributed by atoms with Crippen LogP contribution in [0.2, 0.25) is 0 Å². The van der Waals surface area contributed by atoms with Crippen molar-refractivity contribution in [3.63, 3.8) is 0 Å². The van der Waals surface area contributed by atoms with Crippen LogP contribution in [0.4, 0.5) is 10.1 Å². The van der Waals surface area contributed by atoms with Gasteiger partial charge in [0.25, 0.3) is 5.91 Å². The van der Waals surface area contributed by atoms with E-state index in [1.807, 2.05) is 19.9 Å². The molecule has 100 valence electrons. The Morgan fingerprint density at radius 1 is 1.32 bits per heavy atom. The molecule has 1 aromatic heterocycles. The zero-order valence-corrected chi connectivity index (χ0v) is 12.0. The Balaban J connectivity index is 2.20. The second-order valence-electron chi connectivity index (χ2n) is 4.51. The second kappa shape index (κ2) is 5.53. The normalized spacial score (nSPS) is 10.5. The number of thiophene rings is 1. The highest BCUT2D eigenvalue weighted by atomic mass is 32.1. The first-order valence-electron chi connectivity index (χ1n) is 6.18. The van der Waals surface area contributed by atoms with E-state index in [4.69, 9.17) is 0 Å². The van der Waals surface area contributed by atoms with Crippen molar-refractivity contribution in [2.24, 2.45) is 0 Å². The summed E-state index contributed by atoms with van der Waals surface area (Å²) < 4.78 is 13.7. The van der Waals surface area contributed by atoms with E-state index < -0.39 is 5.82 Å². The number of benzene rings is 1. The molecule has 1 amide bonds. The molecule has 0 aliphatic rings. The first kappa shape index (κ1) is 13.7. The van der Waals surface area contributed by atoms with Crippen LogP contribution in [-0.2, 0) is 6.42 Å². The van der Waals surface area contributed by atoms with E-state index in [2.05, 4.69) is 12.2 Å². The molecule has 0 atom stereocenters. The van der Waals surface area contributed by atoms with Gasteiger partial charge in [-0.25, -0.2) is 4.39 Å². The van der Waals surface area contributed by atoms with E-state index in [0.717, 1.165) is 17.5 Å². The number of halogens is 1. The van der Waals surface area contributed by atoms with Gasteiger partial charge in [-0.1, -0.05) is 13.0 Å². The maximum atomic E-state index is 13.7. The van der Waals surface area contributed by atoms with Crippen molar-refractivity contribution in [2.75, 3.05) is 5.32 Å². The molecule has 0 saturated heterocycles. The van der Waals surface area contributed by atoms with Crippen LogP contribution in [0.5, 0.6) is 0 Å². The topological polar surface area (TPSA) is 29.1 Å². The van der Waals surface area contributed by atoms with E-state index in [1.165, 1.54) is 22.3 Å². The van der Waals surface area contributed by atoms with Crippen LogP contribution in [-0.4, -0.2) is 5.91 Å². The summed E-state index contributed by atoms with van der Waals surface area (Å²) in [5.41, 5.74) is 2.16. The van der Waals surface area contributed by atoms with Crippen LogP contribution in [0.25, 0.3) is 0 Å². The molecule has 2 nitrogen and oxygen atoms in total. The predicted octanol–water partition coefficient (Wildman–Crippen LogP) is 4.32. The van der Waals surface area contributed by atoms with E-state index >= 15 is 0 Å². The van der Waals surface area contributed by atoms with Gasteiger partial charge in [-0.15, -0.1) is 11.3 Å². The first-order valence-corrected chi connectivity index (χ1v) is 6.99. The minimum absolute atomic E-state index is 0.222. The van der Waals surface area contributed by atoms with Crippen LogP contribution in [0, 0.1) is 19.7 Å². The Bertz CT molecular complexity index is 619. The molecule has 19 heavy (non-hydrogen) atoms. The lowest BCUT2D eigenvalue weighted by Gasteiger charge is -2.05. The van der Waals surface area contributed by atoms with Gasteiger partial charge in [-0.3, -0.25) is 4.79 Å². The molecule has 2 aromatic rings. The highest BCUT2D eigenvalue weighted by Crippen LogP contribution is 2.24. The molecule has 1 heterocycles. The van der Waals surface area contributed by atoms with Crippen LogP contribution in [0.3, 0.4) is 0 Å². The first-order chi connectivity index (χ1) is 9.01. The smallest absolute Gasteiger partial charge is 0.265 e. The maximum Gasteiger partial charge on any atom is 0.265 e. The maximum absolute atomic E-state index is 13.7. The van der Waals surface area contributed by atoms with Crippen molar-refractivity contribution in [3.05, 3.63) is 51.0 Å². The number of amides is 1. The molecule has 4 heteroatoms. The Kier molecular flexibility index (Phi) is 4.00. The lowest BCUT2D eigenvalue weighted by Crippen LogP contribution is -2.11. The minimum Gasteiger partial charge on any atom is -0.319 e. The fraction of sp³-hybridized carbons (Fsp3) is 0.267. The Hall–Kier alpha value is -1.68. The van der Waals surface area contributed by atoms with Crippen LogP contribution < -0.4 is 5.32 Å². The largest absolute Gasteiger partial charge is 0.319 e. The van der Waals surface area contributed by atoms with E-state index in [0.29, 0.717) is 4.88 Å². The van der Waals surface area contributed by atoms with Crippen molar-refractivity contribution in [1.82, 2.24) is 0 Å². The summed E-state index contributed by atoms with van der Waals surface area (Å²) in [6.45, 7) is 5.85. The number of carbonyl (C=O) groups is 1. The summed E-state index contributed by atoms with van der Waals surface area (Å²) in [4.78, 5) is 13.9. The van der Waals surface area contributed by atoms with Crippen molar-refractivity contribution in [3.8, 4) is 0 Å². The average Bonchev–Trinajstić information content (AvgIpc) is 2.74. The summed E-state index contributed by atoms with van der Waals surface area (Å²) in [6, 6.07) is 6.62. The molecule has 2 rings (SSSR count). The molecular formula is C15H16FNOS. The second-order valence-corrected chi connectivity index (χ2v) is 5.64. The molecule has 0 fully saturated rings. The van der Waals surface area contributed by atoms with E-state index in [9.17, 15) is 9.18 Å². The molecule has 0 spiro atoms. The monoisotopic (exact) mass is 277 g/mol. The SMILES string of the molecule is CCc1sc(C(=O)Nc2ccc(C)cc2F)cc1C. The lowest BCUT2D eigenvalue weighted by molar-refractivity contribution is 0.103. The zero-order valence-electron chi connectivity index (χ0n) is 11.2. The molecule has 0 unspecified atom stereocenters. The zero-order chi connectivity index (χ0) is 14.0. The predicted molar refractivity (Wildman–Crippen MR) is 77.5 cm³/mol. The van der Waals surface area contributed by atoms with Gasteiger partial charge < -0.3 is 5.32 Å². The van der Waals surface area contributed by atoms with E-state index in [1.54, 1.807) is 12.1 Å². The standard InChI is InChI=1S/C15H16FNOS/c1-4-13-10(3)8-14(19-13)15(18)17-12-6-5-9(2)7-11(12)16/h5-8H,4H2,1-3H3,(H,17,18). The van der Waals surface area contributed by atoms with Gasteiger partial charge >= 0.3 is 0 Å². The van der Waals surface area contributed by atoms with Gasteiger partial charge in [0.1, 0.15) is 5.82 Å². The molecular weight excluding hydrogens is 261 g/mol. The third kappa shape index (κ3) is 3.01. The number of anilines is 1. The molecule has 0 radical (unpaired) electrons. The third-order valence-electron chi connectivity index (χ3n) is 2.94. The van der Waals surface area contributed by atoms with Crippen LogP contribution in [0.1, 0.15) is 32.6 Å². The number of rotatable bonds is 3. The summed E-state index contributed by atoms with van der Waals surface area (Å²) in [6.07, 6.45) is 0.905. The quantitative estimate of drug-likeness (QED) is 0.889. The highest BCUT2D eigenvalue weighted by Gasteiger charge is 2.13. The molecule has 0 bridgehead atoms. The van der Waals surface area contributed by atoms with Gasteiger partial charge in [0, 0.05) is 4.88 Å². The summed E-state index contributed by atoms with van der Waals surface area (Å²) in [5, 5.41) is 2.61. The number of nitrogens with one attached hydrogen (secondary N) is 1. The number of hydrogen-bond donors (Lipinski definition) is 1. The average molecular weight is 277 g/mol. The Morgan fingerprint density at radius 2 is 2.05 bits per heavy atom. The number of aryl methyl sites for hydroxylation is 3. The summed E-state index contributed by atoms with van der Waals surface area (Å²) in [7, 11) is 0. The van der Waals surface area contributed by atoms with Crippen molar-refractivity contribution in [2.45, 2.75) is 27.2 Å². The van der Waals surface area contributed by atoms with Gasteiger partial charge in [0.15, 0.2) is 0 Å². The summed E-state index contributed by atoms with van der Waals surface area (Å²) in [5.74, 6) is -0.659. The fourth-order valence-corrected chi connectivity index (χ4v) is 2.90. The fourth-order valence-electron chi connectivity index (χ4n) is 1.89. The van der Waals surface area contributed by atoms with Crippen LogP contribution in [0.15, 0.2) is 24.3 Å².